The molecule has 0 spiro atoms. The molecular weight excluding hydrogens is 605 g/mol. The van der Waals surface area contributed by atoms with E-state index in [9.17, 15) is 23.2 Å². The Balaban J connectivity index is 1.33. The quantitative estimate of drug-likeness (QED) is 0.352. The summed E-state index contributed by atoms with van der Waals surface area (Å²) in [4.78, 5) is 48.3. The van der Waals surface area contributed by atoms with E-state index in [4.69, 9.17) is 14.2 Å². The SMILES string of the molecule is CC(C)(C)OC(=O)N1C2CCC1CN(C(=O)CN(C(=O)OC(C)(C)C)[C@@H]1C[C@H]1c1cc(F)cc(F)c1OCc1cccnc1F)C2. The third kappa shape index (κ3) is 7.67. The maximum Gasteiger partial charge on any atom is 0.411 e. The summed E-state index contributed by atoms with van der Waals surface area (Å²) in [7, 11) is 0. The molecule has 3 aliphatic rings. The van der Waals surface area contributed by atoms with Gasteiger partial charge in [0.05, 0.1) is 12.1 Å². The second-order valence-corrected chi connectivity index (χ2v) is 14.1. The molecule has 5 rings (SSSR count). The third-order valence-electron chi connectivity index (χ3n) is 8.17. The zero-order chi connectivity index (χ0) is 33.6. The lowest BCUT2D eigenvalue weighted by molar-refractivity contribution is -0.136. The summed E-state index contributed by atoms with van der Waals surface area (Å²) in [5.41, 5.74) is -1.26. The molecule has 4 atom stereocenters. The van der Waals surface area contributed by atoms with Gasteiger partial charge in [0, 0.05) is 48.4 Å². The van der Waals surface area contributed by atoms with Crippen LogP contribution in [-0.4, -0.2) is 86.7 Å². The molecule has 1 aromatic carbocycles. The predicted molar refractivity (Wildman–Crippen MR) is 160 cm³/mol. The Labute approximate surface area is 266 Å². The molecule has 2 unspecified atom stereocenters. The van der Waals surface area contributed by atoms with Crippen LogP contribution in [-0.2, 0) is 20.9 Å². The van der Waals surface area contributed by atoms with Gasteiger partial charge >= 0.3 is 12.2 Å². The Kier molecular flexibility index (Phi) is 9.16. The van der Waals surface area contributed by atoms with Gasteiger partial charge in [-0.25, -0.2) is 23.4 Å². The van der Waals surface area contributed by atoms with Crippen molar-refractivity contribution in [1.29, 1.82) is 0 Å². The van der Waals surface area contributed by atoms with Crippen LogP contribution >= 0.6 is 0 Å². The van der Waals surface area contributed by atoms with Crippen molar-refractivity contribution in [2.24, 2.45) is 0 Å². The first-order chi connectivity index (χ1) is 21.5. The standard InChI is InChI=1S/C33H41F3N4O6/c1-32(2,3)45-30(42)39(17-27(41)38-15-21-9-10-22(16-38)40(21)31(43)46-33(4,5)6)26-14-23(26)24-12-20(34)13-25(35)28(24)44-18-19-8-7-11-37-29(19)36/h7-8,11-13,21-23,26H,9-10,14-18H2,1-6H3/t21?,22?,23-,26+/m0/s1. The summed E-state index contributed by atoms with van der Waals surface area (Å²) in [6, 6.07) is 3.73. The highest BCUT2D eigenvalue weighted by Gasteiger charge is 2.50. The van der Waals surface area contributed by atoms with Gasteiger partial charge in [-0.05, 0) is 79.0 Å². The highest BCUT2D eigenvalue weighted by molar-refractivity contribution is 5.83. The zero-order valence-corrected chi connectivity index (χ0v) is 27.0. The summed E-state index contributed by atoms with van der Waals surface area (Å²) in [6.07, 6.45) is 1.88. The number of ether oxygens (including phenoxy) is 3. The minimum atomic E-state index is -0.969. The van der Waals surface area contributed by atoms with Crippen molar-refractivity contribution in [3.8, 4) is 5.75 Å². The fourth-order valence-electron chi connectivity index (χ4n) is 6.15. The molecule has 1 saturated carbocycles. The Hall–Kier alpha value is -4.03. The second kappa shape index (κ2) is 12.6. The van der Waals surface area contributed by atoms with Crippen LogP contribution in [0.15, 0.2) is 30.5 Å². The molecule has 0 radical (unpaired) electrons. The first-order valence-electron chi connectivity index (χ1n) is 15.5. The molecule has 13 heteroatoms. The van der Waals surface area contributed by atoms with Crippen molar-refractivity contribution >= 4 is 18.1 Å². The van der Waals surface area contributed by atoms with Crippen molar-refractivity contribution < 1.29 is 41.8 Å². The van der Waals surface area contributed by atoms with E-state index in [2.05, 4.69) is 4.98 Å². The van der Waals surface area contributed by atoms with E-state index in [1.54, 1.807) is 51.3 Å². The average Bonchev–Trinajstić information content (AvgIpc) is 3.67. The van der Waals surface area contributed by atoms with E-state index in [1.807, 2.05) is 0 Å². The topological polar surface area (TPSA) is 102 Å². The van der Waals surface area contributed by atoms with E-state index in [1.165, 1.54) is 23.2 Å². The van der Waals surface area contributed by atoms with Crippen LogP contribution in [0, 0.1) is 17.6 Å². The molecule has 0 N–H and O–H groups in total. The van der Waals surface area contributed by atoms with E-state index in [0.29, 0.717) is 25.6 Å². The highest BCUT2D eigenvalue weighted by atomic mass is 19.1. The molecule has 1 aliphatic carbocycles. The lowest BCUT2D eigenvalue weighted by Crippen LogP contribution is -2.59. The number of hydrogen-bond acceptors (Lipinski definition) is 7. The number of benzene rings is 1. The maximum absolute atomic E-state index is 15.0. The van der Waals surface area contributed by atoms with Gasteiger partial charge in [-0.2, -0.15) is 4.39 Å². The van der Waals surface area contributed by atoms with Crippen LogP contribution in [0.3, 0.4) is 0 Å². The molecule has 3 fully saturated rings. The maximum atomic E-state index is 15.0. The molecule has 1 aromatic heterocycles. The monoisotopic (exact) mass is 646 g/mol. The Morgan fingerprint density at radius 3 is 2.24 bits per heavy atom. The number of aromatic nitrogens is 1. The molecular formula is C33H41F3N4O6. The van der Waals surface area contributed by atoms with Gasteiger partial charge in [0.2, 0.25) is 11.9 Å². The van der Waals surface area contributed by atoms with Crippen LogP contribution in [0.25, 0.3) is 0 Å². The van der Waals surface area contributed by atoms with E-state index < -0.39 is 52.9 Å². The van der Waals surface area contributed by atoms with Crippen LogP contribution in [0.1, 0.15) is 77.8 Å². The number of carbonyl (C=O) groups excluding carboxylic acids is 3. The minimum Gasteiger partial charge on any atom is -0.485 e. The van der Waals surface area contributed by atoms with E-state index in [-0.39, 0.29) is 48.0 Å². The summed E-state index contributed by atoms with van der Waals surface area (Å²) in [5.74, 6) is -3.74. The normalized spacial score (nSPS) is 22.4. The second-order valence-electron chi connectivity index (χ2n) is 14.1. The number of fused-ring (bicyclic) bond motifs is 2. The summed E-state index contributed by atoms with van der Waals surface area (Å²) < 4.78 is 60.5. The first kappa shape index (κ1) is 33.3. The Morgan fingerprint density at radius 1 is 0.978 bits per heavy atom. The predicted octanol–water partition coefficient (Wildman–Crippen LogP) is 5.78. The number of carbonyl (C=O) groups is 3. The summed E-state index contributed by atoms with van der Waals surface area (Å²) in [5, 5.41) is 0. The fraction of sp³-hybridized carbons (Fsp3) is 0.576. The van der Waals surface area contributed by atoms with Crippen LogP contribution in [0.5, 0.6) is 5.75 Å². The van der Waals surface area contributed by atoms with Gasteiger partial charge < -0.3 is 19.1 Å². The van der Waals surface area contributed by atoms with Crippen LogP contribution < -0.4 is 4.74 Å². The smallest absolute Gasteiger partial charge is 0.411 e. The summed E-state index contributed by atoms with van der Waals surface area (Å²) >= 11 is 0. The lowest BCUT2D eigenvalue weighted by atomic mass is 10.1. The molecule has 3 amide bonds. The van der Waals surface area contributed by atoms with Gasteiger partial charge in [-0.15, -0.1) is 0 Å². The Bertz CT molecular complexity index is 1480. The largest absolute Gasteiger partial charge is 0.485 e. The molecule has 2 bridgehead atoms. The molecule has 46 heavy (non-hydrogen) atoms. The molecule has 2 saturated heterocycles. The Morgan fingerprint density at radius 2 is 1.63 bits per heavy atom. The number of halogens is 3. The first-order valence-corrected chi connectivity index (χ1v) is 15.5. The molecule has 10 nitrogen and oxygen atoms in total. The van der Waals surface area contributed by atoms with E-state index >= 15 is 4.39 Å². The number of amides is 3. The van der Waals surface area contributed by atoms with Gasteiger partial charge in [-0.3, -0.25) is 14.6 Å². The van der Waals surface area contributed by atoms with Gasteiger partial charge in [-0.1, -0.05) is 0 Å². The van der Waals surface area contributed by atoms with Crippen molar-refractivity contribution in [3.63, 3.8) is 0 Å². The number of piperazine rings is 1. The lowest BCUT2D eigenvalue weighted by Gasteiger charge is -2.41. The van der Waals surface area contributed by atoms with Crippen molar-refractivity contribution in [1.82, 2.24) is 19.7 Å². The van der Waals surface area contributed by atoms with Crippen molar-refractivity contribution in [2.75, 3.05) is 19.6 Å². The van der Waals surface area contributed by atoms with E-state index in [0.717, 1.165) is 18.9 Å². The summed E-state index contributed by atoms with van der Waals surface area (Å²) in [6.45, 7) is 10.4. The van der Waals surface area contributed by atoms with Gasteiger partial charge in [0.1, 0.15) is 30.2 Å². The van der Waals surface area contributed by atoms with Crippen molar-refractivity contribution in [3.05, 3.63) is 59.2 Å². The number of nitrogens with zero attached hydrogens (tertiary/aromatic N) is 4. The number of rotatable bonds is 7. The van der Waals surface area contributed by atoms with Crippen LogP contribution in [0.4, 0.5) is 22.8 Å². The molecule has 2 aliphatic heterocycles. The minimum absolute atomic E-state index is 0.0891. The van der Waals surface area contributed by atoms with Crippen molar-refractivity contribution in [2.45, 2.75) is 103 Å². The number of likely N-dealkylation sites (tertiary alicyclic amines) is 1. The fourth-order valence-corrected chi connectivity index (χ4v) is 6.15. The average molecular weight is 647 g/mol. The molecule has 3 heterocycles. The zero-order valence-electron chi connectivity index (χ0n) is 27.0. The highest BCUT2D eigenvalue weighted by Crippen LogP contribution is 2.49. The number of hydrogen-bond donors (Lipinski definition) is 0. The number of pyridine rings is 1. The van der Waals surface area contributed by atoms with Crippen LogP contribution in [0.2, 0.25) is 0 Å². The van der Waals surface area contributed by atoms with Gasteiger partial charge in [0.15, 0.2) is 11.6 Å². The molecule has 2 aromatic rings. The molecule has 250 valence electrons. The third-order valence-corrected chi connectivity index (χ3v) is 8.17. The van der Waals surface area contributed by atoms with Gasteiger partial charge in [0.25, 0.3) is 0 Å².